The minimum atomic E-state index is 0.429. The third-order valence-electron chi connectivity index (χ3n) is 2.33. The summed E-state index contributed by atoms with van der Waals surface area (Å²) in [4.78, 5) is 11.3. The number of rotatable bonds is 2. The zero-order chi connectivity index (χ0) is 11.7. The summed E-state index contributed by atoms with van der Waals surface area (Å²) in [6, 6.07) is 9.51. The topological polar surface area (TPSA) is 76.8 Å². The number of hydrogen-bond donors (Lipinski definition) is 2. The van der Waals surface area contributed by atoms with Gasteiger partial charge in [-0.05, 0) is 30.3 Å². The van der Waals surface area contributed by atoms with Gasteiger partial charge in [-0.15, -0.1) is 0 Å². The number of nitrogens with zero attached hydrogens (tertiary/aromatic N) is 2. The highest BCUT2D eigenvalue weighted by molar-refractivity contribution is 5.79. The monoisotopic (exact) mass is 226 g/mol. The lowest BCUT2D eigenvalue weighted by Gasteiger charge is -1.98. The summed E-state index contributed by atoms with van der Waals surface area (Å²) in [5, 5.41) is 0. The Balaban J connectivity index is 1.96. The van der Waals surface area contributed by atoms with Crippen molar-refractivity contribution in [2.45, 2.75) is 0 Å². The van der Waals surface area contributed by atoms with E-state index in [-0.39, 0.29) is 0 Å². The average molecular weight is 226 g/mol. The van der Waals surface area contributed by atoms with Crippen molar-refractivity contribution in [2.24, 2.45) is 0 Å². The van der Waals surface area contributed by atoms with E-state index in [2.05, 4.69) is 15.0 Å². The van der Waals surface area contributed by atoms with Gasteiger partial charge in [-0.1, -0.05) is 0 Å². The molecule has 0 amide bonds. The van der Waals surface area contributed by atoms with E-state index in [1.54, 1.807) is 24.5 Å². The highest BCUT2D eigenvalue weighted by atomic mass is 16.5. The van der Waals surface area contributed by atoms with Gasteiger partial charge in [0, 0.05) is 11.9 Å². The minimum Gasteiger partial charge on any atom is -0.424 e. The first-order chi connectivity index (χ1) is 8.31. The Kier molecular flexibility index (Phi) is 2.15. The maximum Gasteiger partial charge on any atom is 0.300 e. The number of ether oxygens (including phenoxy) is 1. The van der Waals surface area contributed by atoms with Crippen molar-refractivity contribution in [1.82, 2.24) is 15.0 Å². The zero-order valence-electron chi connectivity index (χ0n) is 8.92. The Labute approximate surface area is 97.3 Å². The summed E-state index contributed by atoms with van der Waals surface area (Å²) in [5.41, 5.74) is 8.04. The lowest BCUT2D eigenvalue weighted by atomic mass is 10.3. The summed E-state index contributed by atoms with van der Waals surface area (Å²) >= 11 is 0. The van der Waals surface area contributed by atoms with Crippen LogP contribution in [0, 0.1) is 0 Å². The van der Waals surface area contributed by atoms with Gasteiger partial charge in [0.25, 0.3) is 6.01 Å². The molecule has 0 saturated carbocycles. The van der Waals surface area contributed by atoms with Crippen molar-refractivity contribution in [3.05, 3.63) is 42.7 Å². The number of nitrogen functional groups attached to an aromatic ring is 1. The van der Waals surface area contributed by atoms with Crippen LogP contribution in [0.4, 0.5) is 5.69 Å². The maximum absolute atomic E-state index is 5.69. The molecule has 3 rings (SSSR count). The molecule has 3 N–H and O–H groups in total. The second-order valence-corrected chi connectivity index (χ2v) is 3.61. The van der Waals surface area contributed by atoms with Crippen molar-refractivity contribution in [3.63, 3.8) is 0 Å². The van der Waals surface area contributed by atoms with Crippen LogP contribution < -0.4 is 10.5 Å². The van der Waals surface area contributed by atoms with E-state index >= 15 is 0 Å². The number of anilines is 1. The summed E-state index contributed by atoms with van der Waals surface area (Å²) in [5.74, 6) is 0.638. The Morgan fingerprint density at radius 2 is 2.18 bits per heavy atom. The number of fused-ring (bicyclic) bond motifs is 1. The number of nitrogens with one attached hydrogen (secondary N) is 1. The molecule has 0 unspecified atom stereocenters. The molecule has 3 aromatic rings. The molecular weight excluding hydrogens is 216 g/mol. The molecular formula is C12H10N4O. The summed E-state index contributed by atoms with van der Waals surface area (Å²) in [6.07, 6.45) is 3.31. The van der Waals surface area contributed by atoms with E-state index in [1.165, 1.54) is 0 Å². The van der Waals surface area contributed by atoms with Crippen LogP contribution in [0.25, 0.3) is 11.0 Å². The largest absolute Gasteiger partial charge is 0.424 e. The molecule has 0 aliphatic carbocycles. The van der Waals surface area contributed by atoms with Crippen LogP contribution in [-0.4, -0.2) is 15.0 Å². The third kappa shape index (κ3) is 1.90. The number of aromatic amines is 1. The van der Waals surface area contributed by atoms with Crippen molar-refractivity contribution in [1.29, 1.82) is 0 Å². The smallest absolute Gasteiger partial charge is 0.300 e. The number of hydrogen-bond acceptors (Lipinski definition) is 4. The fourth-order valence-electron chi connectivity index (χ4n) is 1.57. The number of benzene rings is 1. The first kappa shape index (κ1) is 9.65. The maximum atomic E-state index is 5.69. The standard InChI is InChI=1S/C12H10N4O/c13-8-3-4-10-11(6-8)16-12(15-10)17-9-2-1-5-14-7-9/h1-7H,13H2,(H,15,16). The molecule has 0 saturated heterocycles. The van der Waals surface area contributed by atoms with E-state index in [1.807, 2.05) is 18.2 Å². The Hall–Kier alpha value is -2.56. The first-order valence-corrected chi connectivity index (χ1v) is 5.14. The van der Waals surface area contributed by atoms with E-state index in [0.717, 1.165) is 11.0 Å². The molecule has 5 heteroatoms. The predicted molar refractivity (Wildman–Crippen MR) is 64.8 cm³/mol. The van der Waals surface area contributed by atoms with Gasteiger partial charge in [0.2, 0.25) is 0 Å². The highest BCUT2D eigenvalue weighted by Gasteiger charge is 2.04. The van der Waals surface area contributed by atoms with Crippen LogP contribution in [0.1, 0.15) is 0 Å². The van der Waals surface area contributed by atoms with Gasteiger partial charge in [0.15, 0.2) is 0 Å². The SMILES string of the molecule is Nc1ccc2nc(Oc3cccnc3)[nH]c2c1. The Bertz CT molecular complexity index is 648. The van der Waals surface area contributed by atoms with Crippen molar-refractivity contribution < 1.29 is 4.74 Å². The van der Waals surface area contributed by atoms with Gasteiger partial charge >= 0.3 is 0 Å². The summed E-state index contributed by atoms with van der Waals surface area (Å²) in [6.45, 7) is 0. The summed E-state index contributed by atoms with van der Waals surface area (Å²) in [7, 11) is 0. The molecule has 17 heavy (non-hydrogen) atoms. The Morgan fingerprint density at radius 3 is 3.00 bits per heavy atom. The van der Waals surface area contributed by atoms with E-state index in [9.17, 15) is 0 Å². The van der Waals surface area contributed by atoms with Gasteiger partial charge < -0.3 is 15.5 Å². The quantitative estimate of drug-likeness (QED) is 0.657. The van der Waals surface area contributed by atoms with E-state index < -0.39 is 0 Å². The second kappa shape index (κ2) is 3.79. The number of H-pyrrole nitrogens is 1. The molecule has 0 atom stereocenters. The average Bonchev–Trinajstić information content (AvgIpc) is 2.71. The van der Waals surface area contributed by atoms with Crippen molar-refractivity contribution in [2.75, 3.05) is 5.73 Å². The van der Waals surface area contributed by atoms with E-state index in [4.69, 9.17) is 10.5 Å². The number of imidazole rings is 1. The Morgan fingerprint density at radius 1 is 1.24 bits per heavy atom. The van der Waals surface area contributed by atoms with Crippen LogP contribution in [-0.2, 0) is 0 Å². The van der Waals surface area contributed by atoms with Gasteiger partial charge in [-0.25, -0.2) is 0 Å². The predicted octanol–water partition coefficient (Wildman–Crippen LogP) is 2.33. The molecule has 84 valence electrons. The molecule has 0 spiro atoms. The van der Waals surface area contributed by atoms with Crippen LogP contribution in [0.2, 0.25) is 0 Å². The molecule has 0 aliphatic rings. The zero-order valence-corrected chi connectivity index (χ0v) is 8.92. The molecule has 1 aromatic carbocycles. The van der Waals surface area contributed by atoms with Gasteiger partial charge in [0.05, 0.1) is 17.2 Å². The van der Waals surface area contributed by atoms with Crippen LogP contribution in [0.3, 0.4) is 0 Å². The molecule has 2 aromatic heterocycles. The van der Waals surface area contributed by atoms with Crippen LogP contribution >= 0.6 is 0 Å². The lowest BCUT2D eigenvalue weighted by Crippen LogP contribution is -1.85. The molecule has 2 heterocycles. The van der Waals surface area contributed by atoms with E-state index in [0.29, 0.717) is 17.4 Å². The van der Waals surface area contributed by atoms with Crippen molar-refractivity contribution in [3.8, 4) is 11.8 Å². The highest BCUT2D eigenvalue weighted by Crippen LogP contribution is 2.22. The fourth-order valence-corrected chi connectivity index (χ4v) is 1.57. The second-order valence-electron chi connectivity index (χ2n) is 3.61. The minimum absolute atomic E-state index is 0.429. The normalized spacial score (nSPS) is 10.6. The molecule has 5 nitrogen and oxygen atoms in total. The fraction of sp³-hybridized carbons (Fsp3) is 0. The van der Waals surface area contributed by atoms with Crippen molar-refractivity contribution >= 4 is 16.7 Å². The first-order valence-electron chi connectivity index (χ1n) is 5.14. The van der Waals surface area contributed by atoms with Gasteiger partial charge in [0.1, 0.15) is 5.75 Å². The molecule has 0 bridgehead atoms. The summed E-state index contributed by atoms with van der Waals surface area (Å²) < 4.78 is 5.53. The van der Waals surface area contributed by atoms with Gasteiger partial charge in [-0.2, -0.15) is 4.98 Å². The molecule has 0 radical (unpaired) electrons. The number of pyridine rings is 1. The third-order valence-corrected chi connectivity index (χ3v) is 2.33. The van der Waals surface area contributed by atoms with Crippen LogP contribution in [0.5, 0.6) is 11.8 Å². The number of aromatic nitrogens is 3. The van der Waals surface area contributed by atoms with Crippen LogP contribution in [0.15, 0.2) is 42.7 Å². The molecule has 0 fully saturated rings. The van der Waals surface area contributed by atoms with Gasteiger partial charge in [-0.3, -0.25) is 4.98 Å². The molecule has 0 aliphatic heterocycles. The lowest BCUT2D eigenvalue weighted by molar-refractivity contribution is 0.447. The number of nitrogens with two attached hydrogens (primary N) is 1.